The quantitative estimate of drug-likeness (QED) is 0.231. The molecule has 0 fully saturated rings. The lowest BCUT2D eigenvalue weighted by molar-refractivity contribution is -0.385. The molecule has 0 heterocycles. The van der Waals surface area contributed by atoms with E-state index in [2.05, 4.69) is 6.58 Å². The molecule has 1 rings (SSSR count). The molecule has 7 heteroatoms. The van der Waals surface area contributed by atoms with E-state index in [1.54, 1.807) is 0 Å². The molecule has 0 atom stereocenters. The third-order valence-corrected chi connectivity index (χ3v) is 4.36. The maximum Gasteiger partial charge on any atom is 0.295 e. The SMILES string of the molecule is C=CCCCCCCCc1c([N+](=O)[O-])cccc1S(=O)(=O)O. The number of nitro groups is 1. The number of hydrogen-bond acceptors (Lipinski definition) is 4. The van der Waals surface area contributed by atoms with Gasteiger partial charge in [0.05, 0.1) is 10.5 Å². The Balaban J connectivity index is 2.75. The van der Waals surface area contributed by atoms with Gasteiger partial charge in [-0.1, -0.05) is 31.4 Å². The predicted octanol–water partition coefficient (Wildman–Crippen LogP) is 3.91. The summed E-state index contributed by atoms with van der Waals surface area (Å²) in [6.07, 6.45) is 7.68. The highest BCUT2D eigenvalue weighted by Gasteiger charge is 2.23. The van der Waals surface area contributed by atoms with Crippen LogP contribution in [0.5, 0.6) is 0 Å². The van der Waals surface area contributed by atoms with Gasteiger partial charge in [-0.2, -0.15) is 8.42 Å². The minimum Gasteiger partial charge on any atom is -0.282 e. The van der Waals surface area contributed by atoms with Crippen LogP contribution < -0.4 is 0 Å². The van der Waals surface area contributed by atoms with Gasteiger partial charge in [0, 0.05) is 6.07 Å². The predicted molar refractivity (Wildman–Crippen MR) is 84.5 cm³/mol. The normalized spacial score (nSPS) is 11.3. The second kappa shape index (κ2) is 8.65. The molecule has 0 unspecified atom stereocenters. The summed E-state index contributed by atoms with van der Waals surface area (Å²) in [5, 5.41) is 11.0. The minimum atomic E-state index is -4.46. The number of nitro benzene ring substituents is 1. The van der Waals surface area contributed by atoms with Gasteiger partial charge in [-0.15, -0.1) is 6.58 Å². The van der Waals surface area contributed by atoms with E-state index in [1.165, 1.54) is 18.2 Å². The van der Waals surface area contributed by atoms with E-state index in [0.717, 1.165) is 32.1 Å². The maximum atomic E-state index is 11.4. The van der Waals surface area contributed by atoms with E-state index in [0.29, 0.717) is 6.42 Å². The zero-order valence-electron chi connectivity index (χ0n) is 12.4. The van der Waals surface area contributed by atoms with Crippen molar-refractivity contribution in [3.05, 3.63) is 46.5 Å². The second-order valence-electron chi connectivity index (χ2n) is 5.08. The zero-order valence-corrected chi connectivity index (χ0v) is 13.2. The Hall–Kier alpha value is -1.73. The fourth-order valence-corrected chi connectivity index (χ4v) is 3.11. The maximum absolute atomic E-state index is 11.4. The number of rotatable bonds is 10. The number of allylic oxidation sites excluding steroid dienone is 1. The summed E-state index contributed by atoms with van der Waals surface area (Å²) in [7, 11) is -4.46. The van der Waals surface area contributed by atoms with Crippen molar-refractivity contribution in [1.82, 2.24) is 0 Å². The Labute approximate surface area is 130 Å². The zero-order chi connectivity index (χ0) is 16.6. The third kappa shape index (κ3) is 5.57. The van der Waals surface area contributed by atoms with Gasteiger partial charge in [-0.3, -0.25) is 14.7 Å². The molecule has 1 aromatic rings. The van der Waals surface area contributed by atoms with E-state index in [4.69, 9.17) is 0 Å². The summed E-state index contributed by atoms with van der Waals surface area (Å²) in [5.41, 5.74) is -0.178. The minimum absolute atomic E-state index is 0.0843. The van der Waals surface area contributed by atoms with E-state index < -0.39 is 15.0 Å². The van der Waals surface area contributed by atoms with Crippen molar-refractivity contribution in [1.29, 1.82) is 0 Å². The largest absolute Gasteiger partial charge is 0.295 e. The fraction of sp³-hybridized carbons (Fsp3) is 0.467. The molecule has 1 N–H and O–H groups in total. The molecule has 0 spiro atoms. The summed E-state index contributed by atoms with van der Waals surface area (Å²) in [6.45, 7) is 3.65. The van der Waals surface area contributed by atoms with Crippen molar-refractivity contribution in [2.45, 2.75) is 49.8 Å². The van der Waals surface area contributed by atoms with Gasteiger partial charge in [0.15, 0.2) is 0 Å². The number of benzene rings is 1. The van der Waals surface area contributed by atoms with Crippen molar-refractivity contribution in [2.75, 3.05) is 0 Å². The van der Waals surface area contributed by atoms with E-state index in [-0.39, 0.29) is 22.6 Å². The van der Waals surface area contributed by atoms with Crippen LogP contribution in [0, 0.1) is 10.1 Å². The lowest BCUT2D eigenvalue weighted by Crippen LogP contribution is -2.06. The first kappa shape index (κ1) is 18.3. The second-order valence-corrected chi connectivity index (χ2v) is 6.47. The molecule has 122 valence electrons. The Kier molecular flexibility index (Phi) is 7.20. The molecule has 0 saturated carbocycles. The molecule has 1 aromatic carbocycles. The van der Waals surface area contributed by atoms with Crippen LogP contribution in [-0.4, -0.2) is 17.9 Å². The third-order valence-electron chi connectivity index (χ3n) is 3.42. The van der Waals surface area contributed by atoms with Gasteiger partial charge in [0.1, 0.15) is 4.90 Å². The lowest BCUT2D eigenvalue weighted by atomic mass is 10.0. The van der Waals surface area contributed by atoms with Crippen molar-refractivity contribution in [3.8, 4) is 0 Å². The molecule has 6 nitrogen and oxygen atoms in total. The topological polar surface area (TPSA) is 97.5 Å². The smallest absolute Gasteiger partial charge is 0.282 e. The summed E-state index contributed by atoms with van der Waals surface area (Å²) in [6, 6.07) is 3.72. The number of unbranched alkanes of at least 4 members (excludes halogenated alkanes) is 5. The summed E-state index contributed by atoms with van der Waals surface area (Å²) >= 11 is 0. The van der Waals surface area contributed by atoms with Crippen molar-refractivity contribution < 1.29 is 17.9 Å². The van der Waals surface area contributed by atoms with Crippen molar-refractivity contribution >= 4 is 15.8 Å². The molecule has 0 saturated heterocycles. The van der Waals surface area contributed by atoms with Gasteiger partial charge >= 0.3 is 0 Å². The lowest BCUT2D eigenvalue weighted by Gasteiger charge is -2.08. The number of nitrogens with zero attached hydrogens (tertiary/aromatic N) is 1. The average molecular weight is 327 g/mol. The standard InChI is InChI=1S/C15H21NO5S/c1-2-3-4-5-6-7-8-10-13-14(16(17)18)11-9-12-15(13)22(19,20)21/h2,9,11-12H,1,3-8,10H2,(H,19,20,21). The average Bonchev–Trinajstić information content (AvgIpc) is 2.45. The van der Waals surface area contributed by atoms with Gasteiger partial charge < -0.3 is 0 Å². The van der Waals surface area contributed by atoms with Crippen molar-refractivity contribution in [3.63, 3.8) is 0 Å². The number of hydrogen-bond donors (Lipinski definition) is 1. The van der Waals surface area contributed by atoms with Crippen molar-refractivity contribution in [2.24, 2.45) is 0 Å². The summed E-state index contributed by atoms with van der Waals surface area (Å²) in [5.74, 6) is 0. The molecular weight excluding hydrogens is 306 g/mol. The molecule has 22 heavy (non-hydrogen) atoms. The van der Waals surface area contributed by atoms with Crippen LogP contribution in [0.15, 0.2) is 35.7 Å². The Morgan fingerprint density at radius 2 is 1.82 bits per heavy atom. The van der Waals surface area contributed by atoms with E-state index in [9.17, 15) is 23.1 Å². The van der Waals surface area contributed by atoms with Crippen LogP contribution in [0.4, 0.5) is 5.69 Å². The van der Waals surface area contributed by atoms with Crippen LogP contribution in [0.3, 0.4) is 0 Å². The summed E-state index contributed by atoms with van der Waals surface area (Å²) in [4.78, 5) is 10.0. The van der Waals surface area contributed by atoms with Crippen LogP contribution in [0.1, 0.15) is 44.1 Å². The highest BCUT2D eigenvalue weighted by atomic mass is 32.2. The molecule has 0 aliphatic carbocycles. The van der Waals surface area contributed by atoms with Crippen LogP contribution in [-0.2, 0) is 16.5 Å². The monoisotopic (exact) mass is 327 g/mol. The summed E-state index contributed by atoms with van der Waals surface area (Å²) < 4.78 is 31.9. The first-order valence-electron chi connectivity index (χ1n) is 7.22. The molecule has 0 aromatic heterocycles. The van der Waals surface area contributed by atoms with Crippen LogP contribution in [0.25, 0.3) is 0 Å². The van der Waals surface area contributed by atoms with Gasteiger partial charge in [-0.25, -0.2) is 0 Å². The van der Waals surface area contributed by atoms with Crippen LogP contribution >= 0.6 is 0 Å². The Morgan fingerprint density at radius 3 is 2.41 bits per heavy atom. The van der Waals surface area contributed by atoms with E-state index >= 15 is 0 Å². The highest BCUT2D eigenvalue weighted by molar-refractivity contribution is 7.85. The molecular formula is C15H21NO5S. The molecule has 0 aliphatic rings. The molecule has 0 aliphatic heterocycles. The highest BCUT2D eigenvalue weighted by Crippen LogP contribution is 2.27. The van der Waals surface area contributed by atoms with Gasteiger partial charge in [0.25, 0.3) is 15.8 Å². The van der Waals surface area contributed by atoms with E-state index in [1.807, 2.05) is 6.08 Å². The molecule has 0 radical (unpaired) electrons. The first-order chi connectivity index (χ1) is 10.4. The molecule has 0 bridgehead atoms. The Bertz CT molecular complexity index is 625. The Morgan fingerprint density at radius 1 is 1.18 bits per heavy atom. The molecule has 0 amide bonds. The first-order valence-corrected chi connectivity index (χ1v) is 8.66. The van der Waals surface area contributed by atoms with Gasteiger partial charge in [0.2, 0.25) is 0 Å². The van der Waals surface area contributed by atoms with Gasteiger partial charge in [-0.05, 0) is 31.7 Å². The fourth-order valence-electron chi connectivity index (χ4n) is 2.34. The van der Waals surface area contributed by atoms with Crippen LogP contribution in [0.2, 0.25) is 0 Å².